The van der Waals surface area contributed by atoms with Gasteiger partial charge in [-0.2, -0.15) is 18.3 Å². The number of phosphoric acid groups is 1. The lowest BCUT2D eigenvalue weighted by Crippen LogP contribution is -2.41. The van der Waals surface area contributed by atoms with Crippen molar-refractivity contribution in [1.82, 2.24) is 19.7 Å². The average Bonchev–Trinajstić information content (AvgIpc) is 3.17. The Kier molecular flexibility index (Phi) is 6.35. The highest BCUT2D eigenvalue weighted by Gasteiger charge is 2.32. The number of hydrogen-bond acceptors (Lipinski definition) is 6. The smallest absolute Gasteiger partial charge is 0.305 e. The van der Waals surface area contributed by atoms with Crippen molar-refractivity contribution >= 4 is 30.3 Å². The topological polar surface area (TPSA) is 131 Å². The summed E-state index contributed by atoms with van der Waals surface area (Å²) in [4.78, 5) is 41.6. The number of aromatic nitrogens is 4. The van der Waals surface area contributed by atoms with Crippen LogP contribution >= 0.6 is 7.82 Å². The molecular weight excluding hydrogens is 526 g/mol. The Hall–Kier alpha value is -3.64. The van der Waals surface area contributed by atoms with Gasteiger partial charge in [0.25, 0.3) is 5.91 Å². The lowest BCUT2D eigenvalue weighted by molar-refractivity contribution is -0.137. The van der Waals surface area contributed by atoms with E-state index in [0.29, 0.717) is 46.9 Å². The monoisotopic (exact) mass is 547 g/mol. The van der Waals surface area contributed by atoms with Crippen LogP contribution < -0.4 is 4.90 Å². The zero-order valence-corrected chi connectivity index (χ0v) is 21.0. The molecule has 198 valence electrons. The number of alkyl halides is 3. The standard InChI is InChI=1S/C24H21F3N5O5P/c1-13-9-15(22-28-11-16-10-17(24(25,26)27)4-5-18(16)29-22)3-6-20(13)31-7-8-32-21(23(31)33)14(2)19(30-32)12-37-38(34,35)36/h3-6,9-11H,7-8,12H2,1-2H3,(H2,34,35,36). The lowest BCUT2D eigenvalue weighted by atomic mass is 10.1. The molecule has 3 heterocycles. The summed E-state index contributed by atoms with van der Waals surface area (Å²) in [6.07, 6.45) is -3.11. The molecule has 38 heavy (non-hydrogen) atoms. The van der Waals surface area contributed by atoms with Gasteiger partial charge in [-0.25, -0.2) is 14.5 Å². The number of carbonyl (C=O) groups excluding carboxylic acids is 1. The molecule has 0 unspecified atom stereocenters. The van der Waals surface area contributed by atoms with Crippen LogP contribution in [0.3, 0.4) is 0 Å². The third-order valence-electron chi connectivity index (χ3n) is 6.29. The number of aryl methyl sites for hydroxylation is 1. The van der Waals surface area contributed by atoms with Crippen molar-refractivity contribution < 1.29 is 36.8 Å². The van der Waals surface area contributed by atoms with Crippen molar-refractivity contribution in [2.45, 2.75) is 33.2 Å². The van der Waals surface area contributed by atoms with Crippen LogP contribution in [-0.4, -0.2) is 42.0 Å². The number of amides is 1. The van der Waals surface area contributed by atoms with Crippen LogP contribution in [0, 0.1) is 13.8 Å². The van der Waals surface area contributed by atoms with Crippen LogP contribution in [-0.2, 0) is 28.4 Å². The summed E-state index contributed by atoms with van der Waals surface area (Å²) < 4.78 is 56.1. The van der Waals surface area contributed by atoms with Gasteiger partial charge < -0.3 is 14.7 Å². The highest BCUT2D eigenvalue weighted by Crippen LogP contribution is 2.38. The van der Waals surface area contributed by atoms with E-state index < -0.39 is 26.2 Å². The molecule has 0 aliphatic carbocycles. The van der Waals surface area contributed by atoms with E-state index >= 15 is 0 Å². The second-order valence-corrected chi connectivity index (χ2v) is 10.1. The van der Waals surface area contributed by atoms with Crippen LogP contribution in [0.5, 0.6) is 0 Å². The number of benzene rings is 2. The fraction of sp³-hybridized carbons (Fsp3) is 0.250. The summed E-state index contributed by atoms with van der Waals surface area (Å²) in [7, 11) is -4.69. The van der Waals surface area contributed by atoms with Crippen LogP contribution in [0.15, 0.2) is 42.6 Å². The van der Waals surface area contributed by atoms with Crippen molar-refractivity contribution in [3.05, 3.63) is 70.7 Å². The first kappa shape index (κ1) is 26.0. The Labute approximate surface area is 213 Å². The number of rotatable bonds is 5. The van der Waals surface area contributed by atoms with Crippen LogP contribution in [0.4, 0.5) is 18.9 Å². The van der Waals surface area contributed by atoms with Gasteiger partial charge in [-0.15, -0.1) is 0 Å². The Morgan fingerprint density at radius 1 is 1.11 bits per heavy atom. The summed E-state index contributed by atoms with van der Waals surface area (Å²) >= 11 is 0. The Bertz CT molecular complexity index is 1630. The summed E-state index contributed by atoms with van der Waals surface area (Å²) in [6.45, 7) is 3.72. The van der Waals surface area contributed by atoms with Crippen molar-refractivity contribution in [3.8, 4) is 11.4 Å². The van der Waals surface area contributed by atoms with Crippen LogP contribution in [0.1, 0.15) is 32.9 Å². The molecule has 0 spiro atoms. The maximum atomic E-state index is 13.4. The zero-order valence-electron chi connectivity index (χ0n) is 20.1. The first-order chi connectivity index (χ1) is 17.8. The molecule has 1 aliphatic rings. The Morgan fingerprint density at radius 2 is 1.87 bits per heavy atom. The molecular formula is C24H21F3N5O5P. The SMILES string of the molecule is Cc1cc(-c2ncc3cc(C(F)(F)F)ccc3n2)ccc1N1CCn2nc(COP(=O)(O)O)c(C)c2C1=O. The second kappa shape index (κ2) is 9.28. The fourth-order valence-electron chi connectivity index (χ4n) is 4.42. The van der Waals surface area contributed by atoms with E-state index in [1.54, 1.807) is 30.0 Å². The van der Waals surface area contributed by atoms with Crippen LogP contribution in [0.25, 0.3) is 22.3 Å². The molecule has 2 aromatic carbocycles. The predicted molar refractivity (Wildman–Crippen MR) is 130 cm³/mol. The van der Waals surface area contributed by atoms with E-state index in [1.165, 1.54) is 16.9 Å². The van der Waals surface area contributed by atoms with Crippen molar-refractivity contribution in [2.75, 3.05) is 11.4 Å². The van der Waals surface area contributed by atoms with Crippen molar-refractivity contribution in [2.24, 2.45) is 0 Å². The molecule has 2 aromatic heterocycles. The quantitative estimate of drug-likeness (QED) is 0.352. The van der Waals surface area contributed by atoms with Gasteiger partial charge >= 0.3 is 14.0 Å². The van der Waals surface area contributed by atoms with E-state index in [-0.39, 0.29) is 17.0 Å². The summed E-state index contributed by atoms with van der Waals surface area (Å²) in [5.74, 6) is 0.0162. The Balaban J connectivity index is 1.41. The van der Waals surface area contributed by atoms with Crippen LogP contribution in [0.2, 0.25) is 0 Å². The fourth-order valence-corrected chi connectivity index (χ4v) is 4.71. The molecule has 0 saturated carbocycles. The minimum Gasteiger partial charge on any atom is -0.305 e. The predicted octanol–water partition coefficient (Wildman–Crippen LogP) is 4.40. The van der Waals surface area contributed by atoms with E-state index in [9.17, 15) is 22.5 Å². The molecule has 10 nitrogen and oxygen atoms in total. The number of carbonyl (C=O) groups is 1. The number of anilines is 1. The summed E-state index contributed by atoms with van der Waals surface area (Å²) in [5.41, 5.74) is 2.68. The van der Waals surface area contributed by atoms with Gasteiger partial charge in [0.1, 0.15) is 12.3 Å². The molecule has 0 fully saturated rings. The third kappa shape index (κ3) is 4.93. The minimum absolute atomic E-state index is 0.265. The van der Waals surface area contributed by atoms with Gasteiger partial charge in [-0.3, -0.25) is 14.0 Å². The molecule has 0 radical (unpaired) electrons. The molecule has 5 rings (SSSR count). The first-order valence-electron chi connectivity index (χ1n) is 11.3. The van der Waals surface area contributed by atoms with Gasteiger partial charge in [-0.05, 0) is 55.8 Å². The molecule has 1 amide bonds. The van der Waals surface area contributed by atoms with E-state index in [1.807, 2.05) is 6.92 Å². The minimum atomic E-state index is -4.69. The molecule has 0 saturated heterocycles. The maximum absolute atomic E-state index is 13.4. The summed E-state index contributed by atoms with van der Waals surface area (Å²) in [5, 5.41) is 4.55. The largest absolute Gasteiger partial charge is 0.469 e. The van der Waals surface area contributed by atoms with E-state index in [2.05, 4.69) is 19.6 Å². The van der Waals surface area contributed by atoms with Gasteiger partial charge in [0.2, 0.25) is 0 Å². The molecule has 2 N–H and O–H groups in total. The van der Waals surface area contributed by atoms with Gasteiger partial charge in [0.15, 0.2) is 5.82 Å². The number of halogens is 3. The van der Waals surface area contributed by atoms with E-state index in [4.69, 9.17) is 9.79 Å². The zero-order chi connectivity index (χ0) is 27.4. The molecule has 0 atom stereocenters. The normalized spacial score (nSPS) is 14.3. The first-order valence-corrected chi connectivity index (χ1v) is 12.9. The number of hydrogen-bond donors (Lipinski definition) is 2. The van der Waals surface area contributed by atoms with Crippen molar-refractivity contribution in [1.29, 1.82) is 0 Å². The van der Waals surface area contributed by atoms with Gasteiger partial charge in [0.05, 0.1) is 23.3 Å². The van der Waals surface area contributed by atoms with Gasteiger partial charge in [-0.1, -0.05) is 0 Å². The molecule has 0 bridgehead atoms. The highest BCUT2D eigenvalue weighted by atomic mass is 31.2. The summed E-state index contributed by atoms with van der Waals surface area (Å²) in [6, 6.07) is 8.58. The number of fused-ring (bicyclic) bond motifs is 2. The lowest BCUT2D eigenvalue weighted by Gasteiger charge is -2.29. The van der Waals surface area contributed by atoms with Gasteiger partial charge in [0, 0.05) is 34.9 Å². The van der Waals surface area contributed by atoms with Crippen molar-refractivity contribution in [3.63, 3.8) is 0 Å². The number of phosphoric ester groups is 1. The molecule has 1 aliphatic heterocycles. The highest BCUT2D eigenvalue weighted by molar-refractivity contribution is 7.46. The molecule has 14 heteroatoms. The maximum Gasteiger partial charge on any atom is 0.469 e. The van der Waals surface area contributed by atoms with E-state index in [0.717, 1.165) is 17.7 Å². The third-order valence-corrected chi connectivity index (χ3v) is 6.76. The Morgan fingerprint density at radius 3 is 2.55 bits per heavy atom. The number of nitrogens with zero attached hydrogens (tertiary/aromatic N) is 5. The molecule has 4 aromatic rings. The average molecular weight is 547 g/mol. The second-order valence-electron chi connectivity index (χ2n) is 8.83.